The molecule has 0 amide bonds. The van der Waals surface area contributed by atoms with Crippen LogP contribution in [0.25, 0.3) is 0 Å². The molecule has 0 aliphatic carbocycles. The maximum atomic E-state index is 12.7. The van der Waals surface area contributed by atoms with Crippen LogP contribution in [0.5, 0.6) is 5.75 Å². The molecule has 0 radical (unpaired) electrons. The lowest BCUT2D eigenvalue weighted by Gasteiger charge is -2.26. The van der Waals surface area contributed by atoms with Crippen LogP contribution in [0, 0.1) is 5.82 Å². The van der Waals surface area contributed by atoms with Gasteiger partial charge in [-0.2, -0.15) is 0 Å². The van der Waals surface area contributed by atoms with E-state index in [0.717, 1.165) is 18.8 Å². The largest absolute Gasteiger partial charge is 0.487 e. The predicted octanol–water partition coefficient (Wildman–Crippen LogP) is 1.56. The minimum Gasteiger partial charge on any atom is -0.487 e. The molecule has 1 aromatic carbocycles. The Hall–Kier alpha value is -1.66. The Kier molecular flexibility index (Phi) is 4.34. The molecule has 102 valence electrons. The SMILES string of the molecule is Cl.Fc1ccc(OCc2cn(C3CNC3)nn2)cc1. The Morgan fingerprint density at radius 3 is 2.68 bits per heavy atom. The molecule has 1 fully saturated rings. The molecular weight excluding hydrogens is 271 g/mol. The topological polar surface area (TPSA) is 52.0 Å². The van der Waals surface area contributed by atoms with Crippen LogP contribution >= 0.6 is 12.4 Å². The lowest BCUT2D eigenvalue weighted by molar-refractivity contribution is 0.300. The van der Waals surface area contributed by atoms with Gasteiger partial charge in [0.2, 0.25) is 0 Å². The van der Waals surface area contributed by atoms with E-state index in [1.54, 1.807) is 12.1 Å². The third-order valence-electron chi connectivity index (χ3n) is 2.89. The summed E-state index contributed by atoms with van der Waals surface area (Å²) in [5.74, 6) is 0.349. The Morgan fingerprint density at radius 2 is 2.05 bits per heavy atom. The van der Waals surface area contributed by atoms with E-state index in [0.29, 0.717) is 18.4 Å². The van der Waals surface area contributed by atoms with Gasteiger partial charge < -0.3 is 10.1 Å². The number of ether oxygens (including phenoxy) is 1. The molecule has 5 nitrogen and oxygen atoms in total. The van der Waals surface area contributed by atoms with Crippen LogP contribution in [0.4, 0.5) is 4.39 Å². The summed E-state index contributed by atoms with van der Waals surface area (Å²) in [5, 5.41) is 11.3. The lowest BCUT2D eigenvalue weighted by atomic mass is 10.2. The van der Waals surface area contributed by atoms with Gasteiger partial charge in [0.15, 0.2) is 0 Å². The second kappa shape index (κ2) is 5.99. The van der Waals surface area contributed by atoms with Crippen LogP contribution in [-0.2, 0) is 6.61 Å². The van der Waals surface area contributed by atoms with Gasteiger partial charge in [-0.3, -0.25) is 0 Å². The summed E-state index contributed by atoms with van der Waals surface area (Å²) >= 11 is 0. The van der Waals surface area contributed by atoms with Crippen molar-refractivity contribution in [1.82, 2.24) is 20.3 Å². The molecule has 1 N–H and O–H groups in total. The standard InChI is InChI=1S/C12H13FN4O.ClH/c13-9-1-3-12(4-2-9)18-8-10-7-17(16-15-10)11-5-14-6-11;/h1-4,7,11,14H,5-6,8H2;1H. The summed E-state index contributed by atoms with van der Waals surface area (Å²) in [6.45, 7) is 2.20. The summed E-state index contributed by atoms with van der Waals surface area (Å²) in [7, 11) is 0. The maximum Gasteiger partial charge on any atom is 0.134 e. The average molecular weight is 285 g/mol. The van der Waals surface area contributed by atoms with Crippen molar-refractivity contribution < 1.29 is 9.13 Å². The van der Waals surface area contributed by atoms with Crippen molar-refractivity contribution in [3.8, 4) is 5.75 Å². The van der Waals surface area contributed by atoms with Crippen LogP contribution in [0.1, 0.15) is 11.7 Å². The number of rotatable bonds is 4. The minimum atomic E-state index is -0.272. The highest BCUT2D eigenvalue weighted by atomic mass is 35.5. The number of hydrogen-bond acceptors (Lipinski definition) is 4. The van der Waals surface area contributed by atoms with Crippen molar-refractivity contribution in [2.45, 2.75) is 12.6 Å². The zero-order chi connectivity index (χ0) is 12.4. The van der Waals surface area contributed by atoms with Crippen LogP contribution in [-0.4, -0.2) is 28.1 Å². The lowest BCUT2D eigenvalue weighted by Crippen LogP contribution is -2.43. The first-order valence-electron chi connectivity index (χ1n) is 5.81. The van der Waals surface area contributed by atoms with Gasteiger partial charge in [0.25, 0.3) is 0 Å². The molecule has 1 aliphatic heterocycles. The van der Waals surface area contributed by atoms with E-state index in [-0.39, 0.29) is 18.2 Å². The van der Waals surface area contributed by atoms with Gasteiger partial charge in [0.05, 0.1) is 12.2 Å². The van der Waals surface area contributed by atoms with Gasteiger partial charge >= 0.3 is 0 Å². The number of benzene rings is 1. The number of nitrogens with one attached hydrogen (secondary N) is 1. The Morgan fingerprint density at radius 1 is 1.32 bits per heavy atom. The second-order valence-corrected chi connectivity index (χ2v) is 4.24. The van der Waals surface area contributed by atoms with Crippen molar-refractivity contribution in [1.29, 1.82) is 0 Å². The Balaban J connectivity index is 0.00000133. The van der Waals surface area contributed by atoms with Gasteiger partial charge in [-0.05, 0) is 24.3 Å². The molecule has 0 unspecified atom stereocenters. The Labute approximate surface area is 116 Å². The van der Waals surface area contributed by atoms with Gasteiger partial charge in [-0.15, -0.1) is 17.5 Å². The normalized spacial score (nSPS) is 14.6. The van der Waals surface area contributed by atoms with Crippen molar-refractivity contribution >= 4 is 12.4 Å². The fourth-order valence-electron chi connectivity index (χ4n) is 1.71. The van der Waals surface area contributed by atoms with Crippen molar-refractivity contribution in [3.63, 3.8) is 0 Å². The monoisotopic (exact) mass is 284 g/mol. The first-order valence-corrected chi connectivity index (χ1v) is 5.81. The zero-order valence-corrected chi connectivity index (χ0v) is 10.9. The molecule has 0 atom stereocenters. The van der Waals surface area contributed by atoms with E-state index in [2.05, 4.69) is 15.6 Å². The summed E-state index contributed by atoms with van der Waals surface area (Å²) in [5.41, 5.74) is 0.770. The molecule has 2 heterocycles. The molecule has 7 heteroatoms. The van der Waals surface area contributed by atoms with Crippen molar-refractivity contribution in [3.05, 3.63) is 42.0 Å². The highest BCUT2D eigenvalue weighted by Gasteiger charge is 2.19. The van der Waals surface area contributed by atoms with Gasteiger partial charge in [-0.1, -0.05) is 5.21 Å². The first kappa shape index (κ1) is 13.8. The van der Waals surface area contributed by atoms with E-state index in [1.165, 1.54) is 12.1 Å². The fourth-order valence-corrected chi connectivity index (χ4v) is 1.71. The molecule has 1 saturated heterocycles. The fraction of sp³-hybridized carbons (Fsp3) is 0.333. The van der Waals surface area contributed by atoms with E-state index < -0.39 is 0 Å². The van der Waals surface area contributed by atoms with Crippen LogP contribution in [0.15, 0.2) is 30.5 Å². The number of hydrogen-bond donors (Lipinski definition) is 1. The summed E-state index contributed by atoms with van der Waals surface area (Å²) in [6, 6.07) is 6.32. The molecule has 0 spiro atoms. The molecule has 0 bridgehead atoms. The van der Waals surface area contributed by atoms with Gasteiger partial charge in [0, 0.05) is 13.1 Å². The van der Waals surface area contributed by atoms with E-state index >= 15 is 0 Å². The molecular formula is C12H14ClFN4O. The molecule has 0 saturated carbocycles. The molecule has 1 aromatic heterocycles. The highest BCUT2D eigenvalue weighted by Crippen LogP contribution is 2.14. The van der Waals surface area contributed by atoms with Crippen LogP contribution < -0.4 is 10.1 Å². The molecule has 3 rings (SSSR count). The maximum absolute atomic E-state index is 12.7. The highest BCUT2D eigenvalue weighted by molar-refractivity contribution is 5.85. The Bertz CT molecular complexity index is 527. The van der Waals surface area contributed by atoms with Crippen LogP contribution in [0.2, 0.25) is 0 Å². The number of aromatic nitrogens is 3. The van der Waals surface area contributed by atoms with Crippen LogP contribution in [0.3, 0.4) is 0 Å². The molecule has 2 aromatic rings. The third kappa shape index (κ3) is 3.21. The summed E-state index contributed by atoms with van der Waals surface area (Å²) in [4.78, 5) is 0. The minimum absolute atomic E-state index is 0. The van der Waals surface area contributed by atoms with E-state index in [9.17, 15) is 4.39 Å². The smallest absolute Gasteiger partial charge is 0.134 e. The van der Waals surface area contributed by atoms with Crippen molar-refractivity contribution in [2.24, 2.45) is 0 Å². The zero-order valence-electron chi connectivity index (χ0n) is 10.1. The quantitative estimate of drug-likeness (QED) is 0.926. The second-order valence-electron chi connectivity index (χ2n) is 4.24. The third-order valence-corrected chi connectivity index (χ3v) is 2.89. The predicted molar refractivity (Wildman–Crippen MR) is 69.9 cm³/mol. The summed E-state index contributed by atoms with van der Waals surface area (Å²) in [6.07, 6.45) is 1.88. The van der Waals surface area contributed by atoms with E-state index in [1.807, 2.05) is 10.9 Å². The number of halogens is 2. The first-order chi connectivity index (χ1) is 8.81. The van der Waals surface area contributed by atoms with Gasteiger partial charge in [0.1, 0.15) is 23.9 Å². The molecule has 19 heavy (non-hydrogen) atoms. The molecule has 1 aliphatic rings. The van der Waals surface area contributed by atoms with E-state index in [4.69, 9.17) is 4.74 Å². The average Bonchev–Trinajstić information content (AvgIpc) is 2.75. The number of nitrogens with zero attached hydrogens (tertiary/aromatic N) is 3. The van der Waals surface area contributed by atoms with Gasteiger partial charge in [-0.25, -0.2) is 9.07 Å². The summed E-state index contributed by atoms with van der Waals surface area (Å²) < 4.78 is 20.0. The van der Waals surface area contributed by atoms with Crippen molar-refractivity contribution in [2.75, 3.05) is 13.1 Å².